The largest absolute Gasteiger partial charge is 0.377 e. The van der Waals surface area contributed by atoms with Crippen molar-refractivity contribution in [2.75, 3.05) is 0 Å². The van der Waals surface area contributed by atoms with Gasteiger partial charge in [0.05, 0.1) is 0 Å². The van der Waals surface area contributed by atoms with Crippen LogP contribution in [0, 0.1) is 0 Å². The average Bonchev–Trinajstić information content (AvgIpc) is 2.43. The van der Waals surface area contributed by atoms with E-state index in [0.717, 1.165) is 25.7 Å². The van der Waals surface area contributed by atoms with Gasteiger partial charge >= 0.3 is 10.1 Å². The Hall–Kier alpha value is -1.36. The van der Waals surface area contributed by atoms with Crippen molar-refractivity contribution in [2.45, 2.75) is 51.9 Å². The number of rotatable bonds is 9. The second-order valence-electron chi connectivity index (χ2n) is 4.74. The molecule has 0 saturated heterocycles. The Morgan fingerprint density at radius 1 is 1.00 bits per heavy atom. The van der Waals surface area contributed by atoms with Gasteiger partial charge in [0.25, 0.3) is 5.12 Å². The number of para-hydroxylation sites is 1. The summed E-state index contributed by atoms with van der Waals surface area (Å²) in [6, 6.07) is 8.08. The van der Waals surface area contributed by atoms with Crippen molar-refractivity contribution in [3.63, 3.8) is 0 Å². The Kier molecular flexibility index (Phi) is 7.30. The lowest BCUT2D eigenvalue weighted by Gasteiger charge is -2.05. The first kappa shape index (κ1) is 16.7. The minimum Gasteiger partial charge on any atom is -0.377 e. The van der Waals surface area contributed by atoms with Crippen LogP contribution in [0.3, 0.4) is 0 Å². The molecule has 0 aliphatic rings. The first-order chi connectivity index (χ1) is 9.56. The molecule has 0 radical (unpaired) electrons. The Bertz CT molecular complexity index is 494. The van der Waals surface area contributed by atoms with Crippen molar-refractivity contribution < 1.29 is 17.4 Å². The summed E-state index contributed by atoms with van der Waals surface area (Å²) in [5.41, 5.74) is 0. The molecule has 0 unspecified atom stereocenters. The van der Waals surface area contributed by atoms with Gasteiger partial charge in [0.2, 0.25) is 0 Å². The lowest BCUT2D eigenvalue weighted by molar-refractivity contribution is -0.112. The minimum atomic E-state index is -4.15. The van der Waals surface area contributed by atoms with Crippen molar-refractivity contribution in [1.29, 1.82) is 0 Å². The monoisotopic (exact) mass is 298 g/mol. The van der Waals surface area contributed by atoms with E-state index in [9.17, 15) is 13.2 Å². The summed E-state index contributed by atoms with van der Waals surface area (Å²) < 4.78 is 28.2. The van der Waals surface area contributed by atoms with Crippen molar-refractivity contribution in [3.05, 3.63) is 30.3 Å². The van der Waals surface area contributed by atoms with Crippen LogP contribution in [0.1, 0.15) is 51.9 Å². The molecule has 1 aromatic rings. The summed E-state index contributed by atoms with van der Waals surface area (Å²) in [6.07, 6.45) is 6.04. The first-order valence-corrected chi connectivity index (χ1v) is 8.49. The van der Waals surface area contributed by atoms with E-state index in [1.807, 2.05) is 0 Å². The van der Waals surface area contributed by atoms with Gasteiger partial charge in [0.15, 0.2) is 0 Å². The zero-order chi connectivity index (χ0) is 14.8. The number of hydrogen-bond donors (Lipinski definition) is 0. The van der Waals surface area contributed by atoms with Crippen LogP contribution in [0.15, 0.2) is 30.3 Å². The Balaban J connectivity index is 2.34. The van der Waals surface area contributed by atoms with Gasteiger partial charge in [-0.15, -0.1) is 0 Å². The molecule has 4 nitrogen and oxygen atoms in total. The van der Waals surface area contributed by atoms with Gasteiger partial charge in [-0.2, -0.15) is 8.42 Å². The molecule has 0 bridgehead atoms. The van der Waals surface area contributed by atoms with Crippen molar-refractivity contribution in [3.8, 4) is 5.75 Å². The Labute approximate surface area is 121 Å². The van der Waals surface area contributed by atoms with Crippen LogP contribution >= 0.6 is 0 Å². The molecule has 0 aliphatic carbocycles. The zero-order valence-corrected chi connectivity index (χ0v) is 12.7. The lowest BCUT2D eigenvalue weighted by atomic mass is 10.1. The minimum absolute atomic E-state index is 0.0291. The van der Waals surface area contributed by atoms with E-state index in [1.54, 1.807) is 18.2 Å². The average molecular weight is 298 g/mol. The van der Waals surface area contributed by atoms with Gasteiger partial charge in [0.1, 0.15) is 5.75 Å². The molecule has 0 N–H and O–H groups in total. The molecule has 0 fully saturated rings. The molecule has 0 heterocycles. The van der Waals surface area contributed by atoms with E-state index in [2.05, 4.69) is 6.92 Å². The highest BCUT2D eigenvalue weighted by Gasteiger charge is 2.23. The maximum Gasteiger partial charge on any atom is 0.373 e. The highest BCUT2D eigenvalue weighted by Crippen LogP contribution is 2.14. The van der Waals surface area contributed by atoms with E-state index in [-0.39, 0.29) is 12.2 Å². The number of carbonyl (C=O) groups is 1. The molecule has 1 rings (SSSR count). The van der Waals surface area contributed by atoms with Gasteiger partial charge < -0.3 is 4.18 Å². The predicted octanol–water partition coefficient (Wildman–Crippen LogP) is 3.67. The second-order valence-corrected chi connectivity index (χ2v) is 6.27. The molecule has 20 heavy (non-hydrogen) atoms. The Morgan fingerprint density at radius 2 is 1.60 bits per heavy atom. The highest BCUT2D eigenvalue weighted by molar-refractivity contribution is 8.02. The third-order valence-corrected chi connectivity index (χ3v) is 4.14. The van der Waals surface area contributed by atoms with Crippen LogP contribution in [0.25, 0.3) is 0 Å². The van der Waals surface area contributed by atoms with Crippen LogP contribution in [0.5, 0.6) is 5.75 Å². The molecule has 5 heteroatoms. The summed E-state index contributed by atoms with van der Waals surface area (Å²) in [5, 5.41) is -0.836. The molecule has 0 aromatic heterocycles. The summed E-state index contributed by atoms with van der Waals surface area (Å²) in [7, 11) is -4.15. The molecular weight excluding hydrogens is 276 g/mol. The van der Waals surface area contributed by atoms with Crippen molar-refractivity contribution >= 4 is 15.2 Å². The van der Waals surface area contributed by atoms with Crippen LogP contribution in [0.4, 0.5) is 0 Å². The van der Waals surface area contributed by atoms with Crippen molar-refractivity contribution in [2.24, 2.45) is 0 Å². The lowest BCUT2D eigenvalue weighted by Crippen LogP contribution is -2.20. The van der Waals surface area contributed by atoms with Crippen LogP contribution in [-0.2, 0) is 14.9 Å². The standard InChI is InChI=1S/C15H22O4S/c1-2-3-4-5-6-10-13-15(16)20(17,18)19-14-11-8-7-9-12-14/h7-9,11-12H,2-6,10,13H2,1H3. The van der Waals surface area contributed by atoms with E-state index < -0.39 is 15.2 Å². The topological polar surface area (TPSA) is 60.4 Å². The third-order valence-electron chi connectivity index (χ3n) is 2.96. The number of unbranched alkanes of at least 4 members (excludes halogenated alkanes) is 5. The smallest absolute Gasteiger partial charge is 0.373 e. The third kappa shape index (κ3) is 6.19. The summed E-state index contributed by atoms with van der Waals surface area (Å²) in [6.45, 7) is 2.14. The molecule has 112 valence electrons. The summed E-state index contributed by atoms with van der Waals surface area (Å²) >= 11 is 0. The summed E-state index contributed by atoms with van der Waals surface area (Å²) in [5.74, 6) is 0.170. The van der Waals surface area contributed by atoms with Gasteiger partial charge in [-0.05, 0) is 18.6 Å². The fraction of sp³-hybridized carbons (Fsp3) is 0.533. The van der Waals surface area contributed by atoms with Gasteiger partial charge in [-0.25, -0.2) is 0 Å². The molecule has 0 amide bonds. The van der Waals surface area contributed by atoms with Gasteiger partial charge in [0, 0.05) is 6.42 Å². The molecule has 0 atom stereocenters. The highest BCUT2D eigenvalue weighted by atomic mass is 32.2. The first-order valence-electron chi connectivity index (χ1n) is 7.08. The van der Waals surface area contributed by atoms with E-state index in [1.165, 1.54) is 18.6 Å². The zero-order valence-electron chi connectivity index (χ0n) is 11.9. The molecular formula is C15H22O4S. The van der Waals surface area contributed by atoms with Gasteiger partial charge in [-0.3, -0.25) is 4.79 Å². The number of hydrogen-bond acceptors (Lipinski definition) is 4. The second kappa shape index (κ2) is 8.74. The fourth-order valence-corrected chi connectivity index (χ4v) is 2.68. The maximum absolute atomic E-state index is 11.7. The molecule has 0 aliphatic heterocycles. The van der Waals surface area contributed by atoms with E-state index >= 15 is 0 Å². The normalized spacial score (nSPS) is 11.2. The number of carbonyl (C=O) groups excluding carboxylic acids is 1. The number of benzene rings is 1. The van der Waals surface area contributed by atoms with Crippen LogP contribution < -0.4 is 4.18 Å². The molecule has 0 spiro atoms. The maximum atomic E-state index is 11.7. The van der Waals surface area contributed by atoms with E-state index in [0.29, 0.717) is 6.42 Å². The SMILES string of the molecule is CCCCCCCCC(=O)S(=O)(=O)Oc1ccccc1. The molecule has 1 aromatic carbocycles. The van der Waals surface area contributed by atoms with E-state index in [4.69, 9.17) is 4.18 Å². The fourth-order valence-electron chi connectivity index (χ4n) is 1.82. The van der Waals surface area contributed by atoms with Gasteiger partial charge in [-0.1, -0.05) is 57.2 Å². The Morgan fingerprint density at radius 3 is 2.25 bits per heavy atom. The van der Waals surface area contributed by atoms with Crippen LogP contribution in [0.2, 0.25) is 0 Å². The van der Waals surface area contributed by atoms with Crippen LogP contribution in [-0.4, -0.2) is 13.5 Å². The van der Waals surface area contributed by atoms with Crippen molar-refractivity contribution in [1.82, 2.24) is 0 Å². The predicted molar refractivity (Wildman–Crippen MR) is 79.0 cm³/mol. The summed E-state index contributed by atoms with van der Waals surface area (Å²) in [4.78, 5) is 11.6. The molecule has 0 saturated carbocycles. The quantitative estimate of drug-likeness (QED) is 0.515.